The average molecular weight is 456 g/mol. The fourth-order valence-corrected chi connectivity index (χ4v) is 3.60. The molecule has 2 aromatic heterocycles. The number of nitrogens with zero attached hydrogens (tertiary/aromatic N) is 3. The topological polar surface area (TPSA) is 75.5 Å². The fourth-order valence-electron chi connectivity index (χ4n) is 3.60. The quantitative estimate of drug-likeness (QED) is 0.270. The van der Waals surface area contributed by atoms with Crippen molar-refractivity contribution in [2.24, 2.45) is 0 Å². The van der Waals surface area contributed by atoms with Crippen LogP contribution in [0.25, 0.3) is 23.0 Å². The van der Waals surface area contributed by atoms with Crippen LogP contribution >= 0.6 is 0 Å². The summed E-state index contributed by atoms with van der Waals surface area (Å²) in [4.78, 5) is 17.1. The van der Waals surface area contributed by atoms with Gasteiger partial charge in [-0.25, -0.2) is 9.67 Å². The van der Waals surface area contributed by atoms with E-state index >= 15 is 0 Å². The molecule has 0 aliphatic rings. The number of pyridine rings is 1. The van der Waals surface area contributed by atoms with Crippen molar-refractivity contribution in [1.29, 1.82) is 0 Å². The van der Waals surface area contributed by atoms with Crippen LogP contribution in [0.1, 0.15) is 21.7 Å². The Bertz CT molecular complexity index is 1320. The molecule has 4 rings (SSSR count). The number of rotatable bonds is 8. The molecule has 0 N–H and O–H groups in total. The Hall–Kier alpha value is -4.39. The molecule has 0 atom stereocenters. The number of carbonyl (C=O) groups is 1. The summed E-state index contributed by atoms with van der Waals surface area (Å²) in [5, 5.41) is 4.81. The van der Waals surface area contributed by atoms with Crippen molar-refractivity contribution in [3.63, 3.8) is 0 Å². The molecule has 7 nitrogen and oxygen atoms in total. The summed E-state index contributed by atoms with van der Waals surface area (Å²) in [6, 6.07) is 18.8. The molecule has 7 heteroatoms. The van der Waals surface area contributed by atoms with Crippen LogP contribution in [0.3, 0.4) is 0 Å². The molecule has 0 radical (unpaired) electrons. The highest BCUT2D eigenvalue weighted by atomic mass is 16.5. The third-order valence-corrected chi connectivity index (χ3v) is 5.26. The van der Waals surface area contributed by atoms with Crippen LogP contribution in [-0.4, -0.2) is 41.9 Å². The van der Waals surface area contributed by atoms with E-state index in [0.717, 1.165) is 22.5 Å². The number of allylic oxidation sites excluding steroid dienone is 1. The molecule has 0 aliphatic heterocycles. The highest BCUT2D eigenvalue weighted by Crippen LogP contribution is 2.41. The fraction of sp³-hybridized carbons (Fsp3) is 0.148. The van der Waals surface area contributed by atoms with Gasteiger partial charge >= 0.3 is 0 Å². The van der Waals surface area contributed by atoms with Gasteiger partial charge in [0.15, 0.2) is 11.5 Å². The molecule has 0 saturated heterocycles. The number of hydrogen-bond acceptors (Lipinski definition) is 6. The van der Waals surface area contributed by atoms with E-state index in [1.165, 1.54) is 6.08 Å². The van der Waals surface area contributed by atoms with E-state index < -0.39 is 0 Å². The van der Waals surface area contributed by atoms with Crippen LogP contribution in [0.15, 0.2) is 72.9 Å². The molecular formula is C27H25N3O4. The van der Waals surface area contributed by atoms with Crippen LogP contribution in [0.5, 0.6) is 17.2 Å². The maximum absolute atomic E-state index is 12.7. The molecule has 0 saturated carbocycles. The molecule has 34 heavy (non-hydrogen) atoms. The van der Waals surface area contributed by atoms with E-state index in [2.05, 4.69) is 4.98 Å². The first-order chi connectivity index (χ1) is 16.5. The van der Waals surface area contributed by atoms with Crippen LogP contribution in [0.2, 0.25) is 0 Å². The predicted octanol–water partition coefficient (Wildman–Crippen LogP) is 5.16. The van der Waals surface area contributed by atoms with Gasteiger partial charge < -0.3 is 14.2 Å². The minimum atomic E-state index is -0.188. The Morgan fingerprint density at radius 1 is 0.912 bits per heavy atom. The minimum absolute atomic E-state index is 0.188. The van der Waals surface area contributed by atoms with Crippen LogP contribution in [0, 0.1) is 6.92 Å². The van der Waals surface area contributed by atoms with Crippen molar-refractivity contribution in [2.45, 2.75) is 6.92 Å². The summed E-state index contributed by atoms with van der Waals surface area (Å²) >= 11 is 0. The van der Waals surface area contributed by atoms with Gasteiger partial charge in [-0.05, 0) is 55.5 Å². The van der Waals surface area contributed by atoms with E-state index in [1.807, 2.05) is 67.7 Å². The molecule has 0 fully saturated rings. The second-order valence-corrected chi connectivity index (χ2v) is 7.49. The van der Waals surface area contributed by atoms with Gasteiger partial charge in [0.25, 0.3) is 0 Å². The van der Waals surface area contributed by atoms with Crippen molar-refractivity contribution in [1.82, 2.24) is 14.8 Å². The smallest absolute Gasteiger partial charge is 0.204 e. The summed E-state index contributed by atoms with van der Waals surface area (Å²) in [5.41, 5.74) is 4.23. The summed E-state index contributed by atoms with van der Waals surface area (Å²) in [6.45, 7) is 1.85. The molecular weight excluding hydrogens is 430 g/mol. The van der Waals surface area contributed by atoms with E-state index in [1.54, 1.807) is 38.2 Å². The Kier molecular flexibility index (Phi) is 6.73. The Labute approximate surface area is 198 Å². The zero-order valence-corrected chi connectivity index (χ0v) is 19.5. The monoisotopic (exact) mass is 455 g/mol. The second kappa shape index (κ2) is 10.0. The largest absolute Gasteiger partial charge is 0.493 e. The zero-order valence-electron chi connectivity index (χ0n) is 19.5. The molecule has 4 aromatic rings. The van der Waals surface area contributed by atoms with Gasteiger partial charge in [0, 0.05) is 23.0 Å². The number of ketones is 1. The van der Waals surface area contributed by atoms with Crippen molar-refractivity contribution in [3.05, 3.63) is 89.9 Å². The van der Waals surface area contributed by atoms with Crippen LogP contribution < -0.4 is 14.2 Å². The van der Waals surface area contributed by atoms with Gasteiger partial charge in [-0.1, -0.05) is 24.3 Å². The van der Waals surface area contributed by atoms with E-state index in [4.69, 9.17) is 19.3 Å². The lowest BCUT2D eigenvalue weighted by Crippen LogP contribution is -1.99. The first kappa shape index (κ1) is 22.8. The highest BCUT2D eigenvalue weighted by molar-refractivity contribution is 6.05. The number of aryl methyl sites for hydroxylation is 1. The second-order valence-electron chi connectivity index (χ2n) is 7.49. The Morgan fingerprint density at radius 2 is 1.62 bits per heavy atom. The summed E-state index contributed by atoms with van der Waals surface area (Å²) < 4.78 is 18.3. The Morgan fingerprint density at radius 3 is 2.24 bits per heavy atom. The number of carbonyl (C=O) groups excluding carboxylic acids is 1. The van der Waals surface area contributed by atoms with Gasteiger partial charge in [-0.2, -0.15) is 5.10 Å². The lowest BCUT2D eigenvalue weighted by Gasteiger charge is -2.13. The maximum Gasteiger partial charge on any atom is 0.204 e. The zero-order chi connectivity index (χ0) is 24.1. The van der Waals surface area contributed by atoms with E-state index in [0.29, 0.717) is 28.6 Å². The highest BCUT2D eigenvalue weighted by Gasteiger charge is 2.18. The van der Waals surface area contributed by atoms with Gasteiger partial charge in [0.05, 0.1) is 27.0 Å². The van der Waals surface area contributed by atoms with Gasteiger partial charge in [-0.15, -0.1) is 0 Å². The molecule has 172 valence electrons. The third-order valence-electron chi connectivity index (χ3n) is 5.26. The number of hydrogen-bond donors (Lipinski definition) is 0. The lowest BCUT2D eigenvalue weighted by atomic mass is 10.1. The van der Waals surface area contributed by atoms with Crippen LogP contribution in [-0.2, 0) is 0 Å². The minimum Gasteiger partial charge on any atom is -0.493 e. The SMILES string of the molecule is COc1cc(-c2nn(-c3ccccc3)cc2/C=C\C(=O)c2cccc(C)n2)cc(OC)c1OC. The van der Waals surface area contributed by atoms with E-state index in [-0.39, 0.29) is 5.78 Å². The third kappa shape index (κ3) is 4.68. The van der Waals surface area contributed by atoms with E-state index in [9.17, 15) is 4.79 Å². The standard InChI is InChI=1S/C27H25N3O4/c1-18-9-8-12-22(28-18)23(31)14-13-19-17-30(21-10-6-5-7-11-21)29-26(19)20-15-24(32-2)27(34-4)25(16-20)33-3/h5-17H,1-4H3/b14-13-. The summed E-state index contributed by atoms with van der Waals surface area (Å²) in [7, 11) is 4.69. The molecule has 2 aromatic carbocycles. The number of benzene rings is 2. The molecule has 0 bridgehead atoms. The normalized spacial score (nSPS) is 10.9. The Balaban J connectivity index is 1.82. The van der Waals surface area contributed by atoms with Crippen molar-refractivity contribution >= 4 is 11.9 Å². The lowest BCUT2D eigenvalue weighted by molar-refractivity contribution is 0.104. The number of ether oxygens (including phenoxy) is 3. The molecule has 0 unspecified atom stereocenters. The molecule has 0 aliphatic carbocycles. The number of para-hydroxylation sites is 1. The predicted molar refractivity (Wildman–Crippen MR) is 131 cm³/mol. The van der Waals surface area contributed by atoms with Crippen molar-refractivity contribution < 1.29 is 19.0 Å². The summed E-state index contributed by atoms with van der Waals surface area (Å²) in [5.74, 6) is 1.34. The molecule has 0 spiro atoms. The number of methoxy groups -OCH3 is 3. The maximum atomic E-state index is 12.7. The van der Waals surface area contributed by atoms with Crippen molar-refractivity contribution in [3.8, 4) is 34.2 Å². The van der Waals surface area contributed by atoms with Gasteiger partial charge in [0.2, 0.25) is 11.5 Å². The van der Waals surface area contributed by atoms with Crippen molar-refractivity contribution in [2.75, 3.05) is 21.3 Å². The molecule has 0 amide bonds. The van der Waals surface area contributed by atoms with Gasteiger partial charge in [0.1, 0.15) is 11.4 Å². The first-order valence-electron chi connectivity index (χ1n) is 10.7. The van der Waals surface area contributed by atoms with Crippen LogP contribution in [0.4, 0.5) is 0 Å². The van der Waals surface area contributed by atoms with Gasteiger partial charge in [-0.3, -0.25) is 4.79 Å². The molecule has 2 heterocycles. The summed E-state index contributed by atoms with van der Waals surface area (Å²) in [6.07, 6.45) is 5.13. The first-order valence-corrected chi connectivity index (χ1v) is 10.7. The number of aromatic nitrogens is 3. The average Bonchev–Trinajstić information content (AvgIpc) is 3.31.